The molecule has 2 fully saturated rings. The topological polar surface area (TPSA) is 76.5 Å². The molecule has 0 radical (unpaired) electrons. The van der Waals surface area contributed by atoms with Crippen molar-refractivity contribution >= 4 is 0 Å². The van der Waals surface area contributed by atoms with Crippen LogP contribution in [0.4, 0.5) is 0 Å². The van der Waals surface area contributed by atoms with Gasteiger partial charge in [-0.05, 0) is 25.8 Å². The van der Waals surface area contributed by atoms with Gasteiger partial charge >= 0.3 is 0 Å². The summed E-state index contributed by atoms with van der Waals surface area (Å²) in [6.07, 6.45) is 0.0221. The third-order valence-corrected chi connectivity index (χ3v) is 2.36. The molecule has 2 aliphatic heterocycles. The van der Waals surface area contributed by atoms with Crippen LogP contribution in [0.5, 0.6) is 0 Å². The molecule has 0 spiro atoms. The van der Waals surface area contributed by atoms with E-state index >= 15 is 0 Å². The molecule has 2 rings (SSSR count). The van der Waals surface area contributed by atoms with Gasteiger partial charge in [0.15, 0.2) is 12.1 Å². The summed E-state index contributed by atoms with van der Waals surface area (Å²) in [5.41, 5.74) is 8.39. The Kier molecular flexibility index (Phi) is 2.36. The Balaban J connectivity index is 2.14. The van der Waals surface area contributed by atoms with Gasteiger partial charge in [-0.3, -0.25) is 0 Å². The monoisotopic (exact) mass is 199 g/mol. The highest BCUT2D eigenvalue weighted by atomic mass is 16.8. The number of ether oxygens (including phenoxy) is 3. The normalized spacial score (nSPS) is 40.0. The molecule has 0 saturated carbocycles. The lowest BCUT2D eigenvalue weighted by atomic mass is 10.1. The van der Waals surface area contributed by atoms with E-state index in [1.807, 2.05) is 13.8 Å². The van der Waals surface area contributed by atoms with Gasteiger partial charge in [0.25, 0.3) is 0 Å². The molecule has 6 nitrogen and oxygen atoms in total. The Morgan fingerprint density at radius 1 is 1.43 bits per heavy atom. The van der Waals surface area contributed by atoms with Crippen molar-refractivity contribution in [3.63, 3.8) is 0 Å². The van der Waals surface area contributed by atoms with Gasteiger partial charge in [-0.25, -0.2) is 0 Å². The first-order valence-electron chi connectivity index (χ1n) is 4.64. The largest absolute Gasteiger partial charge is 0.350 e. The second kappa shape index (κ2) is 3.40. The predicted octanol–water partition coefficient (Wildman–Crippen LogP) is 1.56. The maximum atomic E-state index is 8.39. The molecule has 14 heavy (non-hydrogen) atoms. The van der Waals surface area contributed by atoms with Crippen LogP contribution < -0.4 is 0 Å². The highest BCUT2D eigenvalue weighted by molar-refractivity contribution is 4.89. The van der Waals surface area contributed by atoms with Crippen LogP contribution >= 0.6 is 0 Å². The summed E-state index contributed by atoms with van der Waals surface area (Å²) in [6.45, 7) is 4.19. The Morgan fingerprint density at radius 3 is 2.93 bits per heavy atom. The second-order valence-corrected chi connectivity index (χ2v) is 3.90. The molecule has 2 aliphatic rings. The molecule has 0 aromatic heterocycles. The van der Waals surface area contributed by atoms with Crippen LogP contribution in [-0.2, 0) is 14.2 Å². The molecular formula is C8H13N3O3. The lowest BCUT2D eigenvalue weighted by Gasteiger charge is -2.27. The molecule has 2 heterocycles. The predicted molar refractivity (Wildman–Crippen MR) is 47.3 cm³/mol. The fourth-order valence-corrected chi connectivity index (χ4v) is 1.81. The second-order valence-electron chi connectivity index (χ2n) is 3.90. The van der Waals surface area contributed by atoms with E-state index in [1.165, 1.54) is 0 Å². The first kappa shape index (κ1) is 9.73. The number of hydrogen-bond donors (Lipinski definition) is 0. The zero-order valence-corrected chi connectivity index (χ0v) is 8.21. The van der Waals surface area contributed by atoms with Crippen molar-refractivity contribution in [2.45, 2.75) is 44.5 Å². The quantitative estimate of drug-likeness (QED) is 0.365. The average molecular weight is 199 g/mol. The van der Waals surface area contributed by atoms with Crippen LogP contribution in [0, 0.1) is 0 Å². The van der Waals surface area contributed by atoms with E-state index in [0.717, 1.165) is 0 Å². The van der Waals surface area contributed by atoms with E-state index < -0.39 is 12.1 Å². The molecular weight excluding hydrogens is 186 g/mol. The van der Waals surface area contributed by atoms with Crippen molar-refractivity contribution in [2.24, 2.45) is 5.11 Å². The zero-order valence-electron chi connectivity index (χ0n) is 8.21. The van der Waals surface area contributed by atoms with E-state index in [0.29, 0.717) is 13.0 Å². The minimum absolute atomic E-state index is 0.180. The van der Waals surface area contributed by atoms with Crippen molar-refractivity contribution in [2.75, 3.05) is 6.61 Å². The van der Waals surface area contributed by atoms with Gasteiger partial charge in [-0.15, -0.1) is 0 Å². The minimum atomic E-state index is -0.650. The van der Waals surface area contributed by atoms with Gasteiger partial charge in [0.1, 0.15) is 6.10 Å². The van der Waals surface area contributed by atoms with Gasteiger partial charge < -0.3 is 14.2 Å². The van der Waals surface area contributed by atoms with E-state index in [2.05, 4.69) is 10.0 Å². The number of fused-ring (bicyclic) bond motifs is 1. The van der Waals surface area contributed by atoms with Gasteiger partial charge in [-0.2, -0.15) is 0 Å². The number of azide groups is 1. The summed E-state index contributed by atoms with van der Waals surface area (Å²) < 4.78 is 16.5. The summed E-state index contributed by atoms with van der Waals surface area (Å²) in [5.74, 6) is -0.650. The van der Waals surface area contributed by atoms with Crippen molar-refractivity contribution in [3.8, 4) is 0 Å². The third kappa shape index (κ3) is 1.69. The molecule has 3 atom stereocenters. The van der Waals surface area contributed by atoms with E-state index in [1.54, 1.807) is 0 Å². The minimum Gasteiger partial charge on any atom is -0.350 e. The number of hydrogen-bond acceptors (Lipinski definition) is 4. The van der Waals surface area contributed by atoms with E-state index in [-0.39, 0.29) is 12.1 Å². The SMILES string of the molecule is CC1(C)O[C@H]2OCC[C@@H](N=[N+]=[N-])[C@H]2O1. The van der Waals surface area contributed by atoms with Gasteiger partial charge in [0.2, 0.25) is 0 Å². The Bertz CT molecular complexity index is 275. The van der Waals surface area contributed by atoms with Crippen molar-refractivity contribution in [3.05, 3.63) is 10.4 Å². The fourth-order valence-electron chi connectivity index (χ4n) is 1.81. The fraction of sp³-hybridized carbons (Fsp3) is 1.00. The molecule has 78 valence electrons. The smallest absolute Gasteiger partial charge is 0.187 e. The van der Waals surface area contributed by atoms with Crippen LogP contribution in [-0.4, -0.2) is 30.8 Å². The molecule has 0 aromatic carbocycles. The number of rotatable bonds is 1. The summed E-state index contributed by atoms with van der Waals surface area (Å²) in [7, 11) is 0. The lowest BCUT2D eigenvalue weighted by molar-refractivity contribution is -0.191. The maximum Gasteiger partial charge on any atom is 0.187 e. The van der Waals surface area contributed by atoms with E-state index in [4.69, 9.17) is 19.7 Å². The lowest BCUT2D eigenvalue weighted by Crippen LogP contribution is -2.41. The van der Waals surface area contributed by atoms with E-state index in [9.17, 15) is 0 Å². The van der Waals surface area contributed by atoms with Gasteiger partial charge in [-0.1, -0.05) is 5.11 Å². The van der Waals surface area contributed by atoms with Gasteiger partial charge in [0, 0.05) is 4.91 Å². The summed E-state index contributed by atoms with van der Waals surface area (Å²) in [6, 6.07) is -0.180. The molecule has 2 saturated heterocycles. The first-order valence-corrected chi connectivity index (χ1v) is 4.64. The highest BCUT2D eigenvalue weighted by Crippen LogP contribution is 2.35. The molecule has 0 aliphatic carbocycles. The number of nitrogens with zero attached hydrogens (tertiary/aromatic N) is 3. The summed E-state index contributed by atoms with van der Waals surface area (Å²) in [5, 5.41) is 3.69. The van der Waals surface area contributed by atoms with Crippen LogP contribution in [0.2, 0.25) is 0 Å². The third-order valence-electron chi connectivity index (χ3n) is 2.36. The van der Waals surface area contributed by atoms with Crippen molar-refractivity contribution < 1.29 is 14.2 Å². The van der Waals surface area contributed by atoms with Crippen molar-refractivity contribution in [1.29, 1.82) is 0 Å². The molecule has 0 unspecified atom stereocenters. The van der Waals surface area contributed by atoms with Crippen LogP contribution in [0.1, 0.15) is 20.3 Å². The summed E-state index contributed by atoms with van der Waals surface area (Å²) in [4.78, 5) is 2.80. The van der Waals surface area contributed by atoms with Crippen molar-refractivity contribution in [1.82, 2.24) is 0 Å². The zero-order chi connectivity index (χ0) is 10.2. The molecule has 0 bridgehead atoms. The molecule has 0 amide bonds. The Hall–Kier alpha value is -0.810. The average Bonchev–Trinajstić information content (AvgIpc) is 2.41. The van der Waals surface area contributed by atoms with Crippen LogP contribution in [0.15, 0.2) is 5.11 Å². The standard InChI is InChI=1S/C8H13N3O3/c1-8(2)13-6-5(10-11-9)3-4-12-7(6)14-8/h5-7H,3-4H2,1-2H3/t5-,6-,7-/m1/s1. The van der Waals surface area contributed by atoms with Crippen LogP contribution in [0.25, 0.3) is 10.4 Å². The molecule has 0 aromatic rings. The Morgan fingerprint density at radius 2 is 2.21 bits per heavy atom. The maximum absolute atomic E-state index is 8.39. The Labute approximate surface area is 81.8 Å². The highest BCUT2D eigenvalue weighted by Gasteiger charge is 2.47. The summed E-state index contributed by atoms with van der Waals surface area (Å²) >= 11 is 0. The molecule has 0 N–H and O–H groups in total. The molecule has 6 heteroatoms. The van der Waals surface area contributed by atoms with Crippen LogP contribution in [0.3, 0.4) is 0 Å². The van der Waals surface area contributed by atoms with Gasteiger partial charge in [0.05, 0.1) is 12.6 Å². The first-order chi connectivity index (χ1) is 6.62.